The standard InChI is InChI=1S/C18H23N3O3/c1-14-13-17(19-24-14)20-9-11-21(12-10-20)18(22)8-5-15-3-6-16(23-2)7-4-15/h3-4,6-7,13H,5,8-12H2,1-2H3. The maximum Gasteiger partial charge on any atom is 0.223 e. The molecule has 1 aliphatic heterocycles. The number of anilines is 1. The number of methoxy groups -OCH3 is 1. The quantitative estimate of drug-likeness (QED) is 0.842. The summed E-state index contributed by atoms with van der Waals surface area (Å²) >= 11 is 0. The first-order valence-corrected chi connectivity index (χ1v) is 8.24. The van der Waals surface area contributed by atoms with Gasteiger partial charge in [-0.3, -0.25) is 4.79 Å². The zero-order valence-corrected chi connectivity index (χ0v) is 14.2. The van der Waals surface area contributed by atoms with Crippen molar-refractivity contribution in [3.8, 4) is 5.75 Å². The molecular weight excluding hydrogens is 306 g/mol. The lowest BCUT2D eigenvalue weighted by molar-refractivity contribution is -0.131. The van der Waals surface area contributed by atoms with Gasteiger partial charge in [-0.25, -0.2) is 0 Å². The van der Waals surface area contributed by atoms with E-state index in [1.807, 2.05) is 42.2 Å². The summed E-state index contributed by atoms with van der Waals surface area (Å²) in [5.74, 6) is 2.71. The van der Waals surface area contributed by atoms with Crippen molar-refractivity contribution in [1.82, 2.24) is 10.1 Å². The molecule has 1 aliphatic rings. The van der Waals surface area contributed by atoms with Crippen LogP contribution in [0.3, 0.4) is 0 Å². The first kappa shape index (κ1) is 16.4. The van der Waals surface area contributed by atoms with Crippen molar-refractivity contribution in [2.75, 3.05) is 38.2 Å². The predicted molar refractivity (Wildman–Crippen MR) is 91.3 cm³/mol. The van der Waals surface area contributed by atoms with Crippen LogP contribution in [0.4, 0.5) is 5.82 Å². The molecule has 0 atom stereocenters. The molecule has 6 heteroatoms. The number of amides is 1. The van der Waals surface area contributed by atoms with Crippen molar-refractivity contribution < 1.29 is 14.1 Å². The summed E-state index contributed by atoms with van der Waals surface area (Å²) < 4.78 is 10.3. The van der Waals surface area contributed by atoms with Gasteiger partial charge in [-0.15, -0.1) is 0 Å². The molecule has 1 aromatic carbocycles. The molecule has 0 N–H and O–H groups in total. The molecule has 1 fully saturated rings. The monoisotopic (exact) mass is 329 g/mol. The summed E-state index contributed by atoms with van der Waals surface area (Å²) in [4.78, 5) is 16.5. The first-order chi connectivity index (χ1) is 11.7. The van der Waals surface area contributed by atoms with Crippen molar-refractivity contribution in [3.63, 3.8) is 0 Å². The molecule has 1 amide bonds. The number of hydrogen-bond donors (Lipinski definition) is 0. The highest BCUT2D eigenvalue weighted by Crippen LogP contribution is 2.17. The second kappa shape index (κ2) is 7.38. The Morgan fingerprint density at radius 3 is 2.50 bits per heavy atom. The summed E-state index contributed by atoms with van der Waals surface area (Å²) in [6.07, 6.45) is 1.29. The van der Waals surface area contributed by atoms with Crippen LogP contribution in [-0.4, -0.2) is 49.3 Å². The molecule has 0 aliphatic carbocycles. The number of ether oxygens (including phenoxy) is 1. The van der Waals surface area contributed by atoms with Gasteiger partial charge in [-0.1, -0.05) is 17.3 Å². The van der Waals surface area contributed by atoms with E-state index in [9.17, 15) is 4.79 Å². The van der Waals surface area contributed by atoms with Crippen molar-refractivity contribution in [3.05, 3.63) is 41.7 Å². The van der Waals surface area contributed by atoms with Gasteiger partial charge in [0.2, 0.25) is 5.91 Å². The third-order valence-corrected chi connectivity index (χ3v) is 4.36. The number of carbonyl (C=O) groups is 1. The zero-order chi connectivity index (χ0) is 16.9. The number of aromatic nitrogens is 1. The average molecular weight is 329 g/mol. The number of rotatable bonds is 5. The highest BCUT2D eigenvalue weighted by atomic mass is 16.5. The Hall–Kier alpha value is -2.50. The smallest absolute Gasteiger partial charge is 0.223 e. The molecule has 6 nitrogen and oxygen atoms in total. The Labute approximate surface area is 142 Å². The summed E-state index contributed by atoms with van der Waals surface area (Å²) in [6.45, 7) is 4.93. The van der Waals surface area contributed by atoms with Crippen LogP contribution in [-0.2, 0) is 11.2 Å². The maximum absolute atomic E-state index is 12.4. The number of piperazine rings is 1. The van der Waals surface area contributed by atoms with Crippen LogP contribution >= 0.6 is 0 Å². The normalized spacial score (nSPS) is 14.8. The number of hydrogen-bond acceptors (Lipinski definition) is 5. The van der Waals surface area contributed by atoms with Crippen LogP contribution in [0.2, 0.25) is 0 Å². The largest absolute Gasteiger partial charge is 0.497 e. The number of benzene rings is 1. The summed E-state index contributed by atoms with van der Waals surface area (Å²) in [6, 6.07) is 9.81. The van der Waals surface area contributed by atoms with Crippen LogP contribution in [0.15, 0.2) is 34.9 Å². The molecular formula is C18H23N3O3. The lowest BCUT2D eigenvalue weighted by atomic mass is 10.1. The van der Waals surface area contributed by atoms with Gasteiger partial charge in [0, 0.05) is 38.7 Å². The average Bonchev–Trinajstić information content (AvgIpc) is 3.06. The van der Waals surface area contributed by atoms with Crippen LogP contribution in [0.1, 0.15) is 17.7 Å². The molecule has 0 bridgehead atoms. The van der Waals surface area contributed by atoms with E-state index >= 15 is 0 Å². The fourth-order valence-corrected chi connectivity index (χ4v) is 2.89. The lowest BCUT2D eigenvalue weighted by Crippen LogP contribution is -2.49. The molecule has 0 unspecified atom stereocenters. The van der Waals surface area contributed by atoms with Crippen molar-refractivity contribution in [1.29, 1.82) is 0 Å². The molecule has 1 saturated heterocycles. The molecule has 0 radical (unpaired) electrons. The van der Waals surface area contributed by atoms with Gasteiger partial charge < -0.3 is 19.1 Å². The molecule has 0 spiro atoms. The highest BCUT2D eigenvalue weighted by Gasteiger charge is 2.22. The topological polar surface area (TPSA) is 58.8 Å². The molecule has 1 aromatic heterocycles. The van der Waals surface area contributed by atoms with Gasteiger partial charge in [0.25, 0.3) is 0 Å². The van der Waals surface area contributed by atoms with E-state index < -0.39 is 0 Å². The maximum atomic E-state index is 12.4. The van der Waals surface area contributed by atoms with Crippen molar-refractivity contribution >= 4 is 11.7 Å². The van der Waals surface area contributed by atoms with Gasteiger partial charge in [0.15, 0.2) is 5.82 Å². The van der Waals surface area contributed by atoms with Crippen LogP contribution in [0.25, 0.3) is 0 Å². The molecule has 3 rings (SSSR count). The minimum Gasteiger partial charge on any atom is -0.497 e. The third kappa shape index (κ3) is 3.88. The van der Waals surface area contributed by atoms with E-state index in [4.69, 9.17) is 9.26 Å². The Kier molecular flexibility index (Phi) is 5.03. The Morgan fingerprint density at radius 1 is 1.21 bits per heavy atom. The summed E-state index contributed by atoms with van der Waals surface area (Å²) in [5, 5.41) is 4.04. The molecule has 128 valence electrons. The number of aryl methyl sites for hydroxylation is 2. The Balaban J connectivity index is 1.46. The van der Waals surface area contributed by atoms with E-state index in [0.29, 0.717) is 6.42 Å². The summed E-state index contributed by atoms with van der Waals surface area (Å²) in [7, 11) is 1.65. The van der Waals surface area contributed by atoms with Gasteiger partial charge in [0.05, 0.1) is 7.11 Å². The summed E-state index contributed by atoms with van der Waals surface area (Å²) in [5.41, 5.74) is 1.15. The van der Waals surface area contributed by atoms with Crippen LogP contribution in [0, 0.1) is 6.92 Å². The van der Waals surface area contributed by atoms with E-state index in [1.54, 1.807) is 7.11 Å². The fourth-order valence-electron chi connectivity index (χ4n) is 2.89. The first-order valence-electron chi connectivity index (χ1n) is 8.24. The second-order valence-electron chi connectivity index (χ2n) is 6.01. The molecule has 2 heterocycles. The Morgan fingerprint density at radius 2 is 1.92 bits per heavy atom. The predicted octanol–water partition coefficient (Wildman–Crippen LogP) is 2.27. The third-order valence-electron chi connectivity index (χ3n) is 4.36. The van der Waals surface area contributed by atoms with Gasteiger partial charge in [0.1, 0.15) is 11.5 Å². The number of nitrogens with zero attached hydrogens (tertiary/aromatic N) is 3. The molecule has 0 saturated carbocycles. The van der Waals surface area contributed by atoms with Gasteiger partial charge >= 0.3 is 0 Å². The van der Waals surface area contributed by atoms with E-state index in [1.165, 1.54) is 0 Å². The fraction of sp³-hybridized carbons (Fsp3) is 0.444. The lowest BCUT2D eigenvalue weighted by Gasteiger charge is -2.34. The minimum atomic E-state index is 0.210. The van der Waals surface area contributed by atoms with E-state index in [0.717, 1.165) is 55.5 Å². The number of carbonyl (C=O) groups excluding carboxylic acids is 1. The van der Waals surface area contributed by atoms with E-state index in [-0.39, 0.29) is 5.91 Å². The SMILES string of the molecule is COc1ccc(CCC(=O)N2CCN(c3cc(C)on3)CC2)cc1. The zero-order valence-electron chi connectivity index (χ0n) is 14.2. The molecule has 24 heavy (non-hydrogen) atoms. The minimum absolute atomic E-state index is 0.210. The highest BCUT2D eigenvalue weighted by molar-refractivity contribution is 5.76. The van der Waals surface area contributed by atoms with Gasteiger partial charge in [-0.2, -0.15) is 0 Å². The Bertz CT molecular complexity index is 673. The van der Waals surface area contributed by atoms with Gasteiger partial charge in [-0.05, 0) is 31.0 Å². The van der Waals surface area contributed by atoms with Crippen LogP contribution < -0.4 is 9.64 Å². The van der Waals surface area contributed by atoms with Crippen molar-refractivity contribution in [2.24, 2.45) is 0 Å². The van der Waals surface area contributed by atoms with Crippen molar-refractivity contribution in [2.45, 2.75) is 19.8 Å². The second-order valence-corrected chi connectivity index (χ2v) is 6.01. The molecule has 2 aromatic rings. The van der Waals surface area contributed by atoms with E-state index in [2.05, 4.69) is 10.1 Å². The van der Waals surface area contributed by atoms with Crippen LogP contribution in [0.5, 0.6) is 5.75 Å².